The lowest BCUT2D eigenvalue weighted by Gasteiger charge is -2.16. The van der Waals surface area contributed by atoms with Crippen LogP contribution in [-0.2, 0) is 11.3 Å². The van der Waals surface area contributed by atoms with Crippen molar-refractivity contribution in [3.63, 3.8) is 0 Å². The van der Waals surface area contributed by atoms with Crippen molar-refractivity contribution >= 4 is 46.0 Å². The first kappa shape index (κ1) is 30.2. The van der Waals surface area contributed by atoms with Crippen LogP contribution in [0.5, 0.6) is 0 Å². The standard InChI is InChI=1S/C34H27ClFN3O5/c1-19-14-21(8-12-28(19)35)17-39-18-27(34(43)44)31(40)26-16-24(10-13-30(26)39)38-32(41)20(2)37-33(42)23-9-11-25(29(36)15-23)22-6-4-3-5-7-22/h3-16,18,20H,17H2,1-2H3,(H,37,42)(H,38,41)(H,43,44)/t20-/m0/s1. The fourth-order valence-corrected chi connectivity index (χ4v) is 4.98. The van der Waals surface area contributed by atoms with Gasteiger partial charge in [0.05, 0.1) is 5.52 Å². The summed E-state index contributed by atoms with van der Waals surface area (Å²) >= 11 is 6.14. The largest absolute Gasteiger partial charge is 0.477 e. The molecule has 0 aliphatic heterocycles. The summed E-state index contributed by atoms with van der Waals surface area (Å²) in [4.78, 5) is 50.7. The zero-order valence-corrected chi connectivity index (χ0v) is 24.5. The number of anilines is 1. The summed E-state index contributed by atoms with van der Waals surface area (Å²) in [5.74, 6) is -3.19. The molecule has 0 fully saturated rings. The molecule has 0 saturated heterocycles. The van der Waals surface area contributed by atoms with Gasteiger partial charge in [0.1, 0.15) is 17.4 Å². The van der Waals surface area contributed by atoms with Gasteiger partial charge in [0, 0.05) is 40.0 Å². The van der Waals surface area contributed by atoms with Gasteiger partial charge >= 0.3 is 5.97 Å². The van der Waals surface area contributed by atoms with Gasteiger partial charge in [0.15, 0.2) is 0 Å². The average molecular weight is 612 g/mol. The lowest BCUT2D eigenvalue weighted by Crippen LogP contribution is -2.41. The van der Waals surface area contributed by atoms with E-state index in [1.165, 1.54) is 31.3 Å². The maximum atomic E-state index is 14.8. The second kappa shape index (κ2) is 12.5. The van der Waals surface area contributed by atoms with E-state index >= 15 is 0 Å². The molecule has 0 bridgehead atoms. The van der Waals surface area contributed by atoms with E-state index in [0.29, 0.717) is 21.7 Å². The Morgan fingerprint density at radius 1 is 0.977 bits per heavy atom. The highest BCUT2D eigenvalue weighted by Gasteiger charge is 2.20. The van der Waals surface area contributed by atoms with Crippen molar-refractivity contribution in [2.75, 3.05) is 5.32 Å². The van der Waals surface area contributed by atoms with Crippen LogP contribution in [0.25, 0.3) is 22.0 Å². The van der Waals surface area contributed by atoms with E-state index < -0.39 is 40.6 Å². The fraction of sp³-hybridized carbons (Fsp3) is 0.118. The van der Waals surface area contributed by atoms with Gasteiger partial charge in [-0.15, -0.1) is 0 Å². The molecule has 4 aromatic carbocycles. The zero-order chi connectivity index (χ0) is 31.5. The first-order valence-corrected chi connectivity index (χ1v) is 14.0. The summed E-state index contributed by atoms with van der Waals surface area (Å²) in [5, 5.41) is 15.6. The van der Waals surface area contributed by atoms with Gasteiger partial charge < -0.3 is 20.3 Å². The predicted molar refractivity (Wildman–Crippen MR) is 168 cm³/mol. The summed E-state index contributed by atoms with van der Waals surface area (Å²) in [6.45, 7) is 3.60. The molecule has 1 aromatic heterocycles. The fourth-order valence-electron chi connectivity index (χ4n) is 4.86. The predicted octanol–water partition coefficient (Wildman–Crippen LogP) is 6.27. The van der Waals surface area contributed by atoms with Crippen molar-refractivity contribution < 1.29 is 23.9 Å². The van der Waals surface area contributed by atoms with Crippen LogP contribution in [0.2, 0.25) is 5.02 Å². The number of aromatic carboxylic acids is 1. The number of hydrogen-bond donors (Lipinski definition) is 3. The quantitative estimate of drug-likeness (QED) is 0.191. The number of benzene rings is 4. The molecular weight excluding hydrogens is 585 g/mol. The van der Waals surface area contributed by atoms with Crippen LogP contribution >= 0.6 is 11.6 Å². The molecule has 2 amide bonds. The third-order valence-electron chi connectivity index (χ3n) is 7.21. The first-order valence-electron chi connectivity index (χ1n) is 13.6. The molecule has 0 aliphatic carbocycles. The monoisotopic (exact) mass is 611 g/mol. The number of nitrogens with one attached hydrogen (secondary N) is 2. The van der Waals surface area contributed by atoms with E-state index in [1.807, 2.05) is 25.1 Å². The maximum absolute atomic E-state index is 14.8. The summed E-state index contributed by atoms with van der Waals surface area (Å²) in [6.07, 6.45) is 1.29. The summed E-state index contributed by atoms with van der Waals surface area (Å²) in [5.41, 5.74) is 2.35. The van der Waals surface area contributed by atoms with Gasteiger partial charge in [-0.2, -0.15) is 0 Å². The normalized spacial score (nSPS) is 11.6. The lowest BCUT2D eigenvalue weighted by molar-refractivity contribution is -0.117. The molecule has 44 heavy (non-hydrogen) atoms. The van der Waals surface area contributed by atoms with E-state index in [0.717, 1.165) is 17.2 Å². The van der Waals surface area contributed by atoms with Crippen molar-refractivity contribution in [1.29, 1.82) is 0 Å². The Hall–Kier alpha value is -5.28. The number of pyridine rings is 1. The number of fused-ring (bicyclic) bond motifs is 1. The summed E-state index contributed by atoms with van der Waals surface area (Å²) in [6, 6.07) is 22.0. The van der Waals surface area contributed by atoms with Gasteiger partial charge in [0.2, 0.25) is 11.3 Å². The topological polar surface area (TPSA) is 118 Å². The molecule has 1 atom stereocenters. The number of aryl methyl sites for hydroxylation is 1. The number of carbonyl (C=O) groups excluding carboxylic acids is 2. The smallest absolute Gasteiger partial charge is 0.341 e. The average Bonchev–Trinajstić information content (AvgIpc) is 3.00. The third kappa shape index (κ3) is 6.38. The Labute approximate surface area is 256 Å². The molecule has 5 rings (SSSR count). The Bertz CT molecular complexity index is 1990. The molecule has 0 saturated carbocycles. The molecule has 1 heterocycles. The van der Waals surface area contributed by atoms with Gasteiger partial charge in [-0.1, -0.05) is 60.1 Å². The van der Waals surface area contributed by atoms with E-state index in [-0.39, 0.29) is 23.2 Å². The van der Waals surface area contributed by atoms with Crippen molar-refractivity contribution in [1.82, 2.24) is 9.88 Å². The highest BCUT2D eigenvalue weighted by molar-refractivity contribution is 6.31. The molecule has 3 N–H and O–H groups in total. The minimum atomic E-state index is -1.38. The molecule has 0 unspecified atom stereocenters. The van der Waals surface area contributed by atoms with Crippen LogP contribution in [0.1, 0.15) is 38.8 Å². The maximum Gasteiger partial charge on any atom is 0.341 e. The Morgan fingerprint density at radius 3 is 2.41 bits per heavy atom. The van der Waals surface area contributed by atoms with Crippen LogP contribution < -0.4 is 16.1 Å². The van der Waals surface area contributed by atoms with Crippen molar-refractivity contribution in [2.24, 2.45) is 0 Å². The number of amides is 2. The number of hydrogen-bond acceptors (Lipinski definition) is 4. The summed E-state index contributed by atoms with van der Waals surface area (Å²) in [7, 11) is 0. The molecule has 10 heteroatoms. The van der Waals surface area contributed by atoms with Gasteiger partial charge in [-0.25, -0.2) is 9.18 Å². The summed E-state index contributed by atoms with van der Waals surface area (Å²) < 4.78 is 16.4. The highest BCUT2D eigenvalue weighted by Crippen LogP contribution is 2.24. The third-order valence-corrected chi connectivity index (χ3v) is 7.63. The van der Waals surface area contributed by atoms with Crippen LogP contribution in [0.3, 0.4) is 0 Å². The van der Waals surface area contributed by atoms with Gasteiger partial charge in [-0.3, -0.25) is 14.4 Å². The van der Waals surface area contributed by atoms with E-state index in [4.69, 9.17) is 11.6 Å². The lowest BCUT2D eigenvalue weighted by atomic mass is 10.0. The SMILES string of the molecule is Cc1cc(Cn2cc(C(=O)O)c(=O)c3cc(NC(=O)[C@H](C)NC(=O)c4ccc(-c5ccccc5)c(F)c4)ccc32)ccc1Cl. The van der Waals surface area contributed by atoms with Gasteiger partial charge in [0.25, 0.3) is 5.91 Å². The molecule has 0 spiro atoms. The molecule has 0 radical (unpaired) electrons. The second-order valence-corrected chi connectivity index (χ2v) is 10.8. The highest BCUT2D eigenvalue weighted by atomic mass is 35.5. The van der Waals surface area contributed by atoms with Gasteiger partial charge in [-0.05, 0) is 66.9 Å². The van der Waals surface area contributed by atoms with E-state index in [9.17, 15) is 28.7 Å². The number of rotatable bonds is 8. The zero-order valence-electron chi connectivity index (χ0n) is 23.7. The van der Waals surface area contributed by atoms with Crippen LogP contribution in [0, 0.1) is 12.7 Å². The Balaban J connectivity index is 1.35. The Kier molecular flexibility index (Phi) is 8.59. The number of aromatic nitrogens is 1. The van der Waals surface area contributed by atoms with Crippen molar-refractivity contribution in [3.8, 4) is 11.1 Å². The van der Waals surface area contributed by atoms with Crippen LogP contribution in [-0.4, -0.2) is 33.5 Å². The molecular formula is C34H27ClFN3O5. The number of halogens is 2. The molecule has 0 aliphatic rings. The van der Waals surface area contributed by atoms with Crippen LogP contribution in [0.4, 0.5) is 10.1 Å². The number of carbonyl (C=O) groups is 3. The number of carboxylic acids is 1. The van der Waals surface area contributed by atoms with E-state index in [2.05, 4.69) is 10.6 Å². The number of nitrogens with zero attached hydrogens (tertiary/aromatic N) is 1. The minimum absolute atomic E-state index is 0.0465. The van der Waals surface area contributed by atoms with Crippen molar-refractivity contribution in [2.45, 2.75) is 26.4 Å². The molecule has 8 nitrogen and oxygen atoms in total. The molecule has 5 aromatic rings. The minimum Gasteiger partial charge on any atom is -0.477 e. The van der Waals surface area contributed by atoms with E-state index in [1.54, 1.807) is 47.0 Å². The van der Waals surface area contributed by atoms with Crippen LogP contribution in [0.15, 0.2) is 95.9 Å². The first-order chi connectivity index (χ1) is 21.0. The molecule has 222 valence electrons. The van der Waals surface area contributed by atoms with Crippen molar-refractivity contribution in [3.05, 3.63) is 134 Å². The Morgan fingerprint density at radius 2 is 1.73 bits per heavy atom. The number of carboxylic acid groups (broad SMARTS) is 1. The second-order valence-electron chi connectivity index (χ2n) is 10.4.